The van der Waals surface area contributed by atoms with Crippen molar-refractivity contribution in [2.24, 2.45) is 0 Å². The summed E-state index contributed by atoms with van der Waals surface area (Å²) < 4.78 is 15.5. The molecule has 0 saturated carbocycles. The van der Waals surface area contributed by atoms with E-state index in [2.05, 4.69) is 0 Å². The van der Waals surface area contributed by atoms with Crippen LogP contribution in [0.5, 0.6) is 0 Å². The summed E-state index contributed by atoms with van der Waals surface area (Å²) in [5, 5.41) is 20.1. The van der Waals surface area contributed by atoms with Crippen LogP contribution in [0.3, 0.4) is 0 Å². The van der Waals surface area contributed by atoms with Gasteiger partial charge in [-0.3, -0.25) is 0 Å². The summed E-state index contributed by atoms with van der Waals surface area (Å²) in [7, 11) is 0. The molecular weight excluding hydrogens is 340 g/mol. The van der Waals surface area contributed by atoms with Gasteiger partial charge in [0.2, 0.25) is 6.29 Å². The van der Waals surface area contributed by atoms with Gasteiger partial charge in [-0.1, -0.05) is 36.4 Å². The third kappa shape index (κ3) is 4.08. The van der Waals surface area contributed by atoms with Gasteiger partial charge in [-0.15, -0.1) is 0 Å². The van der Waals surface area contributed by atoms with E-state index in [1.54, 1.807) is 60.7 Å². The van der Waals surface area contributed by atoms with Crippen molar-refractivity contribution < 1.29 is 34.0 Å². The van der Waals surface area contributed by atoms with Crippen LogP contribution in [0.2, 0.25) is 0 Å². The first-order chi connectivity index (χ1) is 12.6. The van der Waals surface area contributed by atoms with Crippen LogP contribution >= 0.6 is 0 Å². The number of esters is 2. The smallest absolute Gasteiger partial charge is 0.340 e. The molecule has 1 saturated heterocycles. The van der Waals surface area contributed by atoms with Gasteiger partial charge in [0.15, 0.2) is 0 Å². The molecule has 2 aromatic rings. The molecule has 7 nitrogen and oxygen atoms in total. The molecule has 0 amide bonds. The minimum atomic E-state index is -1.44. The molecule has 2 aromatic carbocycles. The molecule has 0 bridgehead atoms. The fraction of sp³-hybridized carbons (Fsp3) is 0.263. The molecule has 1 fully saturated rings. The van der Waals surface area contributed by atoms with Crippen LogP contribution in [0.15, 0.2) is 60.7 Å². The Morgan fingerprint density at radius 1 is 0.846 bits per heavy atom. The maximum absolute atomic E-state index is 12.0. The number of rotatable bonds is 5. The minimum absolute atomic E-state index is 0.286. The molecule has 2 N–H and O–H groups in total. The first-order valence-electron chi connectivity index (χ1n) is 8.06. The lowest BCUT2D eigenvalue weighted by atomic mass is 10.1. The summed E-state index contributed by atoms with van der Waals surface area (Å²) in [5.41, 5.74) is 0.643. The number of benzene rings is 2. The van der Waals surface area contributed by atoms with Crippen molar-refractivity contribution in [3.8, 4) is 0 Å². The summed E-state index contributed by atoms with van der Waals surface area (Å²) in [6, 6.07) is 16.5. The zero-order chi connectivity index (χ0) is 18.5. The summed E-state index contributed by atoms with van der Waals surface area (Å²) in [6.45, 7) is -0.286. The molecule has 136 valence electrons. The number of hydrogen-bond acceptors (Lipinski definition) is 7. The van der Waals surface area contributed by atoms with Gasteiger partial charge in [0.25, 0.3) is 0 Å². The van der Waals surface area contributed by atoms with Crippen LogP contribution in [0.1, 0.15) is 20.7 Å². The number of carbonyl (C=O) groups excluding carboxylic acids is 2. The third-order valence-electron chi connectivity index (χ3n) is 3.94. The highest BCUT2D eigenvalue weighted by Crippen LogP contribution is 2.24. The van der Waals surface area contributed by atoms with Crippen molar-refractivity contribution >= 4 is 11.9 Å². The standard InChI is InChI=1S/C19H18O7/c20-15-14(11-24-17(22)12-7-3-1-4-8-12)25-19(16(15)21)26-18(23)13-9-5-2-6-10-13/h1-10,14-16,19-21H,11H2/t14-,15-,16?,19-/m1/s1. The quantitative estimate of drug-likeness (QED) is 0.773. The van der Waals surface area contributed by atoms with E-state index in [9.17, 15) is 19.8 Å². The first-order valence-corrected chi connectivity index (χ1v) is 8.06. The minimum Gasteiger partial charge on any atom is -0.459 e. The average molecular weight is 358 g/mol. The molecule has 1 aliphatic heterocycles. The van der Waals surface area contributed by atoms with Crippen molar-refractivity contribution in [1.82, 2.24) is 0 Å². The van der Waals surface area contributed by atoms with E-state index >= 15 is 0 Å². The van der Waals surface area contributed by atoms with Crippen molar-refractivity contribution in [2.75, 3.05) is 6.61 Å². The predicted octanol–water partition coefficient (Wildman–Crippen LogP) is 1.15. The molecule has 0 aliphatic carbocycles. The Morgan fingerprint density at radius 3 is 1.96 bits per heavy atom. The van der Waals surface area contributed by atoms with Crippen LogP contribution in [0.4, 0.5) is 0 Å². The highest BCUT2D eigenvalue weighted by Gasteiger charge is 2.45. The summed E-state index contributed by atoms with van der Waals surface area (Å²) in [6.07, 6.45) is -5.15. The Labute approximate surface area is 149 Å². The Morgan fingerprint density at radius 2 is 1.38 bits per heavy atom. The maximum atomic E-state index is 12.0. The highest BCUT2D eigenvalue weighted by atomic mass is 16.7. The van der Waals surface area contributed by atoms with Crippen molar-refractivity contribution in [3.63, 3.8) is 0 Å². The van der Waals surface area contributed by atoms with Gasteiger partial charge in [-0.2, -0.15) is 0 Å². The number of aliphatic hydroxyl groups is 2. The molecule has 1 heterocycles. The van der Waals surface area contributed by atoms with E-state index in [1.165, 1.54) is 0 Å². The number of carbonyl (C=O) groups is 2. The topological polar surface area (TPSA) is 102 Å². The highest BCUT2D eigenvalue weighted by molar-refractivity contribution is 5.89. The lowest BCUT2D eigenvalue weighted by Gasteiger charge is -2.15. The average Bonchev–Trinajstić information content (AvgIpc) is 2.95. The van der Waals surface area contributed by atoms with Gasteiger partial charge in [-0.05, 0) is 24.3 Å². The SMILES string of the molecule is O=C(OC[C@H]1O[C@H](OC(=O)c2ccccc2)C(O)[C@@H]1O)c1ccccc1. The van der Waals surface area contributed by atoms with Crippen LogP contribution in [0.25, 0.3) is 0 Å². The Balaban J connectivity index is 1.56. The summed E-state index contributed by atoms with van der Waals surface area (Å²) in [5.74, 6) is -1.27. The van der Waals surface area contributed by atoms with Crippen LogP contribution in [-0.2, 0) is 14.2 Å². The number of hydrogen-bond donors (Lipinski definition) is 2. The molecule has 0 aromatic heterocycles. The van der Waals surface area contributed by atoms with Crippen molar-refractivity contribution in [3.05, 3.63) is 71.8 Å². The van der Waals surface area contributed by atoms with Gasteiger partial charge < -0.3 is 24.4 Å². The second-order valence-electron chi connectivity index (χ2n) is 5.76. The van der Waals surface area contributed by atoms with E-state index in [1.807, 2.05) is 0 Å². The van der Waals surface area contributed by atoms with Gasteiger partial charge >= 0.3 is 11.9 Å². The molecule has 0 spiro atoms. The molecular formula is C19H18O7. The van der Waals surface area contributed by atoms with E-state index in [4.69, 9.17) is 14.2 Å². The monoisotopic (exact) mass is 358 g/mol. The van der Waals surface area contributed by atoms with E-state index in [-0.39, 0.29) is 12.2 Å². The van der Waals surface area contributed by atoms with Crippen molar-refractivity contribution in [2.45, 2.75) is 24.6 Å². The third-order valence-corrected chi connectivity index (χ3v) is 3.94. The molecule has 26 heavy (non-hydrogen) atoms. The van der Waals surface area contributed by atoms with E-state index in [0.717, 1.165) is 0 Å². The summed E-state index contributed by atoms with van der Waals surface area (Å²) in [4.78, 5) is 24.0. The maximum Gasteiger partial charge on any atom is 0.340 e. The van der Waals surface area contributed by atoms with Gasteiger partial charge in [-0.25, -0.2) is 9.59 Å². The Kier molecular flexibility index (Phi) is 5.62. The zero-order valence-corrected chi connectivity index (χ0v) is 13.7. The van der Waals surface area contributed by atoms with E-state index in [0.29, 0.717) is 5.56 Å². The zero-order valence-electron chi connectivity index (χ0n) is 13.7. The molecule has 3 rings (SSSR count). The first kappa shape index (κ1) is 18.1. The molecule has 1 aliphatic rings. The second-order valence-corrected chi connectivity index (χ2v) is 5.76. The van der Waals surface area contributed by atoms with Crippen molar-refractivity contribution in [1.29, 1.82) is 0 Å². The lowest BCUT2D eigenvalue weighted by Crippen LogP contribution is -2.36. The Hall–Kier alpha value is -2.74. The fourth-order valence-corrected chi connectivity index (χ4v) is 2.51. The van der Waals surface area contributed by atoms with Gasteiger partial charge in [0, 0.05) is 0 Å². The number of aliphatic hydroxyl groups excluding tert-OH is 2. The largest absolute Gasteiger partial charge is 0.459 e. The van der Waals surface area contributed by atoms with Gasteiger partial charge in [0.1, 0.15) is 24.9 Å². The van der Waals surface area contributed by atoms with Crippen LogP contribution < -0.4 is 0 Å². The predicted molar refractivity (Wildman–Crippen MR) is 89.3 cm³/mol. The molecule has 7 heteroatoms. The second kappa shape index (κ2) is 8.09. The molecule has 1 unspecified atom stereocenters. The van der Waals surface area contributed by atoms with Crippen LogP contribution in [-0.4, -0.2) is 53.4 Å². The lowest BCUT2D eigenvalue weighted by molar-refractivity contribution is -0.139. The normalized spacial score (nSPS) is 24.8. The van der Waals surface area contributed by atoms with Crippen LogP contribution in [0, 0.1) is 0 Å². The Bertz CT molecular complexity index is 747. The number of ether oxygens (including phenoxy) is 3. The van der Waals surface area contributed by atoms with Gasteiger partial charge in [0.05, 0.1) is 11.1 Å². The fourth-order valence-electron chi connectivity index (χ4n) is 2.51. The summed E-state index contributed by atoms with van der Waals surface area (Å²) >= 11 is 0. The molecule has 4 atom stereocenters. The van der Waals surface area contributed by atoms with E-state index < -0.39 is 36.5 Å². The molecule has 0 radical (unpaired) electrons.